The fourth-order valence-corrected chi connectivity index (χ4v) is 2.33. The summed E-state index contributed by atoms with van der Waals surface area (Å²) in [5, 5.41) is 19.4. The Morgan fingerprint density at radius 1 is 1.43 bits per heavy atom. The Labute approximate surface area is 123 Å². The van der Waals surface area contributed by atoms with Gasteiger partial charge in [-0.15, -0.1) is 16.4 Å². The summed E-state index contributed by atoms with van der Waals surface area (Å²) < 4.78 is 6.42. The van der Waals surface area contributed by atoms with Crippen molar-refractivity contribution >= 4 is 28.9 Å². The highest BCUT2D eigenvalue weighted by Gasteiger charge is 2.11. The number of nitrogens with zero attached hydrogens (tertiary/aromatic N) is 4. The smallest absolute Gasteiger partial charge is 0.248 e. The third-order valence-corrected chi connectivity index (χ3v) is 3.41. The molecule has 8 nitrogen and oxygen atoms in total. The number of ether oxygens (including phenoxy) is 1. The Balaban J connectivity index is 1.86. The predicted octanol–water partition coefficient (Wildman–Crippen LogP) is 1.76. The molecule has 0 aliphatic carbocycles. The maximum atomic E-state index is 9.74. The normalized spacial score (nSPS) is 10.5. The molecule has 0 aliphatic rings. The summed E-state index contributed by atoms with van der Waals surface area (Å²) in [5.74, 6) is 0.952. The van der Waals surface area contributed by atoms with Crippen LogP contribution in [0.3, 0.4) is 0 Å². The summed E-state index contributed by atoms with van der Waals surface area (Å²) in [7, 11) is 1.49. The fraction of sp³-hybridized carbons (Fsp3) is 0.0833. The molecular formula is C12H12N6O2S. The van der Waals surface area contributed by atoms with Crippen LogP contribution in [0.25, 0.3) is 5.13 Å². The number of benzene rings is 1. The molecule has 4 N–H and O–H groups in total. The van der Waals surface area contributed by atoms with Crippen molar-refractivity contribution in [2.24, 2.45) is 0 Å². The Bertz CT molecular complexity index is 755. The van der Waals surface area contributed by atoms with E-state index < -0.39 is 0 Å². The van der Waals surface area contributed by atoms with Crippen molar-refractivity contribution in [3.8, 4) is 16.6 Å². The molecular weight excluding hydrogens is 292 g/mol. The lowest BCUT2D eigenvalue weighted by molar-refractivity contribution is 0.373. The van der Waals surface area contributed by atoms with Crippen molar-refractivity contribution in [3.63, 3.8) is 0 Å². The maximum Gasteiger partial charge on any atom is 0.248 e. The molecule has 0 unspecified atom stereocenters. The number of anilines is 3. The number of nitrogens with two attached hydrogens (primary N) is 1. The first-order chi connectivity index (χ1) is 10.2. The van der Waals surface area contributed by atoms with E-state index in [0.717, 1.165) is 0 Å². The summed E-state index contributed by atoms with van der Waals surface area (Å²) in [5.41, 5.74) is 6.42. The highest BCUT2D eigenvalue weighted by Crippen LogP contribution is 2.29. The number of phenolic OH excluding ortho intramolecular Hbond substituents is 1. The van der Waals surface area contributed by atoms with Gasteiger partial charge >= 0.3 is 0 Å². The van der Waals surface area contributed by atoms with Crippen LogP contribution in [-0.2, 0) is 0 Å². The lowest BCUT2D eigenvalue weighted by Gasteiger charge is -2.06. The molecule has 3 aromatic rings. The first-order valence-corrected chi connectivity index (χ1v) is 6.82. The standard InChI is InChI=1S/C12H12N6O2S/c1-20-9-3-2-7(6-8(9)19)15-11-16-10(13)18(17-11)12-14-4-5-21-12/h2-6,19H,1H3,(H3,13,15,16,17). The third kappa shape index (κ3) is 2.58. The zero-order valence-electron chi connectivity index (χ0n) is 11.0. The van der Waals surface area contributed by atoms with E-state index in [1.54, 1.807) is 18.3 Å². The first-order valence-electron chi connectivity index (χ1n) is 5.94. The molecule has 0 amide bonds. The molecule has 21 heavy (non-hydrogen) atoms. The monoisotopic (exact) mass is 304 g/mol. The van der Waals surface area contributed by atoms with Gasteiger partial charge in [-0.3, -0.25) is 0 Å². The third-order valence-electron chi connectivity index (χ3n) is 2.67. The van der Waals surface area contributed by atoms with Gasteiger partial charge in [0.2, 0.25) is 17.0 Å². The van der Waals surface area contributed by atoms with Gasteiger partial charge < -0.3 is 20.9 Å². The summed E-state index contributed by atoms with van der Waals surface area (Å²) in [6.45, 7) is 0. The van der Waals surface area contributed by atoms with Gasteiger partial charge in [0.25, 0.3) is 0 Å². The number of nitrogens with one attached hydrogen (secondary N) is 1. The molecule has 3 rings (SSSR count). The molecule has 0 fully saturated rings. The number of aromatic nitrogens is 4. The van der Waals surface area contributed by atoms with Crippen LogP contribution < -0.4 is 15.8 Å². The lowest BCUT2D eigenvalue weighted by atomic mass is 10.3. The van der Waals surface area contributed by atoms with Crippen LogP contribution in [0.2, 0.25) is 0 Å². The van der Waals surface area contributed by atoms with Gasteiger partial charge in [-0.2, -0.15) is 9.67 Å². The molecule has 2 aromatic heterocycles. The largest absolute Gasteiger partial charge is 0.504 e. The molecule has 1 aromatic carbocycles. The van der Waals surface area contributed by atoms with Crippen molar-refractivity contribution in [1.82, 2.24) is 19.7 Å². The topological polar surface area (TPSA) is 111 Å². The zero-order chi connectivity index (χ0) is 14.8. The van der Waals surface area contributed by atoms with E-state index in [4.69, 9.17) is 10.5 Å². The minimum Gasteiger partial charge on any atom is -0.504 e. The van der Waals surface area contributed by atoms with Gasteiger partial charge in [0.05, 0.1) is 7.11 Å². The average Bonchev–Trinajstić information content (AvgIpc) is 3.08. The summed E-state index contributed by atoms with van der Waals surface area (Å²) in [4.78, 5) is 8.23. The van der Waals surface area contributed by atoms with Crippen LogP contribution in [0.4, 0.5) is 17.6 Å². The second-order valence-corrected chi connectivity index (χ2v) is 4.90. The summed E-state index contributed by atoms with van der Waals surface area (Å²) in [6.07, 6.45) is 1.66. The molecule has 0 spiro atoms. The predicted molar refractivity (Wildman–Crippen MR) is 79.4 cm³/mol. The maximum absolute atomic E-state index is 9.74. The highest BCUT2D eigenvalue weighted by molar-refractivity contribution is 7.12. The van der Waals surface area contributed by atoms with E-state index in [0.29, 0.717) is 22.5 Å². The Morgan fingerprint density at radius 3 is 2.95 bits per heavy atom. The molecule has 108 valence electrons. The van der Waals surface area contributed by atoms with Crippen LogP contribution >= 0.6 is 11.3 Å². The van der Waals surface area contributed by atoms with Gasteiger partial charge in [-0.25, -0.2) is 4.98 Å². The molecule has 9 heteroatoms. The SMILES string of the molecule is COc1ccc(Nc2nc(N)n(-c3nccs3)n2)cc1O. The molecule has 0 atom stereocenters. The number of aromatic hydroxyl groups is 1. The van der Waals surface area contributed by atoms with Gasteiger partial charge in [-0.1, -0.05) is 0 Å². The fourth-order valence-electron chi connectivity index (χ4n) is 1.74. The Hall–Kier alpha value is -2.81. The summed E-state index contributed by atoms with van der Waals surface area (Å²) in [6, 6.07) is 4.89. The van der Waals surface area contributed by atoms with Gasteiger partial charge in [-0.05, 0) is 12.1 Å². The minimum atomic E-state index is 0.0230. The number of hydrogen-bond acceptors (Lipinski definition) is 8. The van der Waals surface area contributed by atoms with Gasteiger partial charge in [0.15, 0.2) is 11.5 Å². The van der Waals surface area contributed by atoms with E-state index in [1.807, 2.05) is 5.38 Å². The molecule has 2 heterocycles. The molecule has 0 bridgehead atoms. The number of thiazole rings is 1. The van der Waals surface area contributed by atoms with Crippen LogP contribution in [0.5, 0.6) is 11.5 Å². The first kappa shape index (κ1) is 13.2. The van der Waals surface area contributed by atoms with Crippen molar-refractivity contribution in [2.45, 2.75) is 0 Å². The number of rotatable bonds is 4. The summed E-state index contributed by atoms with van der Waals surface area (Å²) >= 11 is 1.40. The van der Waals surface area contributed by atoms with Crippen LogP contribution in [0.1, 0.15) is 0 Å². The van der Waals surface area contributed by atoms with E-state index in [2.05, 4.69) is 20.4 Å². The van der Waals surface area contributed by atoms with E-state index in [9.17, 15) is 5.11 Å². The number of nitrogen functional groups attached to an aromatic ring is 1. The van der Waals surface area contributed by atoms with E-state index >= 15 is 0 Å². The highest BCUT2D eigenvalue weighted by atomic mass is 32.1. The number of hydrogen-bond donors (Lipinski definition) is 3. The second kappa shape index (κ2) is 5.29. The zero-order valence-corrected chi connectivity index (χ0v) is 11.8. The second-order valence-electron chi connectivity index (χ2n) is 4.03. The van der Waals surface area contributed by atoms with Crippen molar-refractivity contribution in [3.05, 3.63) is 29.8 Å². The van der Waals surface area contributed by atoms with Crippen LogP contribution in [0.15, 0.2) is 29.8 Å². The minimum absolute atomic E-state index is 0.0230. The molecule has 0 radical (unpaired) electrons. The number of phenols is 1. The van der Waals surface area contributed by atoms with Crippen LogP contribution in [-0.4, -0.2) is 32.0 Å². The van der Waals surface area contributed by atoms with Gasteiger partial charge in [0, 0.05) is 23.3 Å². The molecule has 0 saturated heterocycles. The average molecular weight is 304 g/mol. The molecule has 0 aliphatic heterocycles. The van der Waals surface area contributed by atoms with Crippen molar-refractivity contribution < 1.29 is 9.84 Å². The van der Waals surface area contributed by atoms with Crippen LogP contribution in [0, 0.1) is 0 Å². The van der Waals surface area contributed by atoms with Gasteiger partial charge in [0.1, 0.15) is 0 Å². The van der Waals surface area contributed by atoms with E-state index in [-0.39, 0.29) is 11.7 Å². The Morgan fingerprint density at radius 2 is 2.29 bits per heavy atom. The lowest BCUT2D eigenvalue weighted by Crippen LogP contribution is -2.01. The van der Waals surface area contributed by atoms with Crippen molar-refractivity contribution in [2.75, 3.05) is 18.2 Å². The van der Waals surface area contributed by atoms with E-state index in [1.165, 1.54) is 29.2 Å². The molecule has 0 saturated carbocycles. The number of methoxy groups -OCH3 is 1. The van der Waals surface area contributed by atoms with Crippen molar-refractivity contribution in [1.29, 1.82) is 0 Å². The Kier molecular flexibility index (Phi) is 3.32. The quantitative estimate of drug-likeness (QED) is 0.673.